The molecule has 0 radical (unpaired) electrons. The van der Waals surface area contributed by atoms with E-state index in [0.717, 1.165) is 0 Å². The molecule has 2 fully saturated rings. The molecule has 2 saturated heterocycles. The van der Waals surface area contributed by atoms with E-state index >= 15 is 0 Å². The smallest absolute Gasteiger partial charge is 0.325 e. The number of aliphatic carboxylic acids is 1. The monoisotopic (exact) mass is 823 g/mol. The molecule has 0 aliphatic carbocycles. The van der Waals surface area contributed by atoms with E-state index in [1.54, 1.807) is 13.8 Å². The Kier molecular flexibility index (Phi) is 19.8. The zero-order valence-corrected chi connectivity index (χ0v) is 34.5. The Morgan fingerprint density at radius 2 is 1.38 bits per heavy atom. The van der Waals surface area contributed by atoms with E-state index in [1.807, 2.05) is 13.8 Å². The van der Waals surface area contributed by atoms with Crippen molar-refractivity contribution in [1.82, 2.24) is 41.7 Å². The molecule has 2 aliphatic heterocycles. The average molecular weight is 824 g/mol. The second kappa shape index (κ2) is 23.4. The fourth-order valence-electron chi connectivity index (χ4n) is 6.89. The van der Waals surface area contributed by atoms with E-state index < -0.39 is 102 Å². The number of nitrogens with one attached hydrogen (secondary N) is 7. The molecule has 2 aliphatic rings. The lowest BCUT2D eigenvalue weighted by Gasteiger charge is -2.33. The molecule has 58 heavy (non-hydrogen) atoms. The van der Waals surface area contributed by atoms with Gasteiger partial charge in [0, 0.05) is 19.6 Å². The molecule has 13 N–H and O–H groups in total. The first-order valence-corrected chi connectivity index (χ1v) is 20.0. The number of aliphatic hydroxyl groups excluding tert-OH is 1. The van der Waals surface area contributed by atoms with Gasteiger partial charge in [0.05, 0.1) is 18.7 Å². The van der Waals surface area contributed by atoms with Crippen LogP contribution in [0.25, 0.3) is 0 Å². The molecule has 21 nitrogen and oxygen atoms in total. The number of nitrogens with zero attached hydrogens (tertiary/aromatic N) is 2. The third kappa shape index (κ3) is 14.7. The van der Waals surface area contributed by atoms with Crippen molar-refractivity contribution in [3.63, 3.8) is 0 Å². The highest BCUT2D eigenvalue weighted by atomic mass is 16.4. The first kappa shape index (κ1) is 49.1. The van der Waals surface area contributed by atoms with Crippen molar-refractivity contribution in [3.05, 3.63) is 0 Å². The van der Waals surface area contributed by atoms with Crippen LogP contribution in [0.3, 0.4) is 0 Å². The Hall–Kier alpha value is -5.05. The Labute approximate surface area is 339 Å². The number of carboxylic acids is 1. The normalized spacial score (nSPS) is 20.1. The number of guanidine groups is 1. The second-order valence-corrected chi connectivity index (χ2v) is 15.6. The minimum atomic E-state index is -1.59. The molecule has 0 bridgehead atoms. The van der Waals surface area contributed by atoms with E-state index in [0.29, 0.717) is 38.6 Å². The van der Waals surface area contributed by atoms with Crippen molar-refractivity contribution in [2.24, 2.45) is 23.3 Å². The van der Waals surface area contributed by atoms with Gasteiger partial charge < -0.3 is 63.4 Å². The summed E-state index contributed by atoms with van der Waals surface area (Å²) in [4.78, 5) is 108. The Bertz CT molecular complexity index is 1490. The molecule has 0 saturated carbocycles. The summed E-state index contributed by atoms with van der Waals surface area (Å²) in [6.07, 6.45) is 1.29. The maximum absolute atomic E-state index is 14.0. The Balaban J connectivity index is 2.19. The van der Waals surface area contributed by atoms with Crippen molar-refractivity contribution in [2.45, 2.75) is 141 Å². The SMILES string of the molecule is CC[C@H](C)[C@H](NC(=O)[C@H](CCCNC(=N)N)NC(=O)[C@@H](NC(=O)CNC(=O)[C@@H]1CCCN1C(=O)[C@@H](N)CC(C)C)[C@@H](C)O)C(=O)N1CCC[C@H]1C(=O)N[C@@H](C)C(=O)O. The van der Waals surface area contributed by atoms with Crippen molar-refractivity contribution >= 4 is 53.3 Å². The minimum absolute atomic E-state index is 0.0327. The minimum Gasteiger partial charge on any atom is -0.480 e. The van der Waals surface area contributed by atoms with Crippen molar-refractivity contribution in [3.8, 4) is 0 Å². The number of likely N-dealkylation sites (tertiary alicyclic amines) is 2. The van der Waals surface area contributed by atoms with Crippen LogP contribution in [0.4, 0.5) is 0 Å². The van der Waals surface area contributed by atoms with Crippen LogP contribution >= 0.6 is 0 Å². The quantitative estimate of drug-likeness (QED) is 0.0299. The third-order valence-electron chi connectivity index (χ3n) is 10.3. The summed E-state index contributed by atoms with van der Waals surface area (Å²) >= 11 is 0. The molecule has 0 unspecified atom stereocenters. The predicted molar refractivity (Wildman–Crippen MR) is 211 cm³/mol. The van der Waals surface area contributed by atoms with Gasteiger partial charge in [-0.25, -0.2) is 0 Å². The number of aliphatic hydroxyl groups is 1. The molecular formula is C37H65N11O10. The van der Waals surface area contributed by atoms with Crippen LogP contribution in [0, 0.1) is 17.2 Å². The fraction of sp³-hybridized carbons (Fsp3) is 0.757. The van der Waals surface area contributed by atoms with Gasteiger partial charge >= 0.3 is 5.97 Å². The summed E-state index contributed by atoms with van der Waals surface area (Å²) < 4.78 is 0. The second-order valence-electron chi connectivity index (χ2n) is 15.6. The van der Waals surface area contributed by atoms with Crippen LogP contribution in [0.1, 0.15) is 92.9 Å². The maximum atomic E-state index is 14.0. The van der Waals surface area contributed by atoms with Crippen LogP contribution in [0.15, 0.2) is 0 Å². The largest absolute Gasteiger partial charge is 0.480 e. The summed E-state index contributed by atoms with van der Waals surface area (Å²) in [5.74, 6) is -6.53. The number of carbonyl (C=O) groups is 8. The summed E-state index contributed by atoms with van der Waals surface area (Å²) in [6, 6.07) is -7.80. The molecule has 0 aromatic carbocycles. The molecule has 2 rings (SSSR count). The fourth-order valence-corrected chi connectivity index (χ4v) is 6.89. The number of rotatable bonds is 22. The molecule has 21 heteroatoms. The molecular weight excluding hydrogens is 758 g/mol. The van der Waals surface area contributed by atoms with Crippen LogP contribution < -0.4 is 43.4 Å². The number of carbonyl (C=O) groups excluding carboxylic acids is 7. The van der Waals surface area contributed by atoms with Gasteiger partial charge in [-0.2, -0.15) is 0 Å². The van der Waals surface area contributed by atoms with E-state index in [1.165, 1.54) is 23.6 Å². The van der Waals surface area contributed by atoms with Crippen LogP contribution in [0.2, 0.25) is 0 Å². The van der Waals surface area contributed by atoms with Gasteiger partial charge in [0.15, 0.2) is 5.96 Å². The molecule has 7 amide bonds. The van der Waals surface area contributed by atoms with Crippen molar-refractivity contribution < 1.29 is 48.6 Å². The average Bonchev–Trinajstić information content (AvgIpc) is 3.85. The highest BCUT2D eigenvalue weighted by Gasteiger charge is 2.41. The Morgan fingerprint density at radius 3 is 1.91 bits per heavy atom. The number of carboxylic acid groups (broad SMARTS) is 1. The van der Waals surface area contributed by atoms with Crippen LogP contribution in [-0.2, 0) is 38.4 Å². The van der Waals surface area contributed by atoms with Gasteiger partial charge in [0.1, 0.15) is 36.3 Å². The maximum Gasteiger partial charge on any atom is 0.325 e. The summed E-state index contributed by atoms with van der Waals surface area (Å²) in [5, 5.41) is 42.3. The molecule has 9 atom stereocenters. The van der Waals surface area contributed by atoms with E-state index in [2.05, 4.69) is 31.9 Å². The van der Waals surface area contributed by atoms with Gasteiger partial charge in [-0.3, -0.25) is 43.8 Å². The highest BCUT2D eigenvalue weighted by Crippen LogP contribution is 2.22. The third-order valence-corrected chi connectivity index (χ3v) is 10.3. The molecule has 328 valence electrons. The lowest BCUT2D eigenvalue weighted by molar-refractivity contribution is -0.145. The summed E-state index contributed by atoms with van der Waals surface area (Å²) in [5.41, 5.74) is 11.5. The van der Waals surface area contributed by atoms with Gasteiger partial charge in [-0.15, -0.1) is 0 Å². The molecule has 0 aromatic rings. The van der Waals surface area contributed by atoms with E-state index in [9.17, 15) is 48.6 Å². The van der Waals surface area contributed by atoms with Crippen LogP contribution in [-0.4, -0.2) is 148 Å². The zero-order valence-electron chi connectivity index (χ0n) is 34.5. The van der Waals surface area contributed by atoms with Gasteiger partial charge in [0.25, 0.3) is 0 Å². The van der Waals surface area contributed by atoms with E-state index in [4.69, 9.17) is 16.9 Å². The lowest BCUT2D eigenvalue weighted by atomic mass is 9.96. The number of hydrogen-bond acceptors (Lipinski definition) is 11. The summed E-state index contributed by atoms with van der Waals surface area (Å²) in [7, 11) is 0. The van der Waals surface area contributed by atoms with Gasteiger partial charge in [-0.1, -0.05) is 34.1 Å². The zero-order chi connectivity index (χ0) is 43.9. The van der Waals surface area contributed by atoms with Crippen LogP contribution in [0.5, 0.6) is 0 Å². The first-order valence-electron chi connectivity index (χ1n) is 20.0. The first-order chi connectivity index (χ1) is 27.2. The lowest BCUT2D eigenvalue weighted by Crippen LogP contribution is -2.61. The van der Waals surface area contributed by atoms with E-state index in [-0.39, 0.29) is 50.1 Å². The molecule has 0 aromatic heterocycles. The molecule has 2 heterocycles. The summed E-state index contributed by atoms with van der Waals surface area (Å²) in [6.45, 7) is 10.0. The Morgan fingerprint density at radius 1 is 0.793 bits per heavy atom. The standard InChI is InChI=1S/C37H65N11O10/c1-7-20(4)28(35(56)48-16-10-13-26(48)32(53)43-21(5)36(57)58)46-30(51)24(11-8-14-41-37(39)40)44-33(54)29(22(6)49)45-27(50)18-42-31(52)25-12-9-15-47(25)34(55)23(38)17-19(2)3/h19-26,28-29,49H,7-18,38H2,1-6H3,(H,42,52)(H,43,53)(H,44,54)(H,45,50)(H,46,51)(H,57,58)(H4,39,40,41)/t20-,21-,22+,23-,24-,25-,26-,28-,29-/m0/s1. The van der Waals surface area contributed by atoms with Crippen molar-refractivity contribution in [1.29, 1.82) is 5.41 Å². The van der Waals surface area contributed by atoms with Gasteiger partial charge in [0.2, 0.25) is 41.4 Å². The number of hydrogen-bond donors (Lipinski definition) is 11. The van der Waals surface area contributed by atoms with Crippen molar-refractivity contribution in [2.75, 3.05) is 26.2 Å². The predicted octanol–water partition coefficient (Wildman–Crippen LogP) is -2.81. The van der Waals surface area contributed by atoms with Gasteiger partial charge in [-0.05, 0) is 70.6 Å². The highest BCUT2D eigenvalue weighted by molar-refractivity contribution is 5.97. The topological polar surface area (TPSA) is 332 Å². The molecule has 0 spiro atoms. The number of nitrogens with two attached hydrogens (primary N) is 2. The number of amides is 7.